The van der Waals surface area contributed by atoms with Crippen molar-refractivity contribution in [3.8, 4) is 0 Å². The molecule has 2 aliphatic heterocycles. The van der Waals surface area contributed by atoms with Crippen LogP contribution in [-0.2, 0) is 19.2 Å². The molecular weight excluding hydrogens is 308 g/mol. The van der Waals surface area contributed by atoms with Gasteiger partial charge in [-0.25, -0.2) is 0 Å². The fourth-order valence-corrected chi connectivity index (χ4v) is 5.66. The summed E-state index contributed by atoms with van der Waals surface area (Å²) in [6.45, 7) is 0. The van der Waals surface area contributed by atoms with Crippen LogP contribution in [0.1, 0.15) is 25.7 Å². The van der Waals surface area contributed by atoms with Gasteiger partial charge in [0.25, 0.3) is 0 Å². The van der Waals surface area contributed by atoms with Gasteiger partial charge in [-0.2, -0.15) is 0 Å². The molecule has 0 aromatic rings. The summed E-state index contributed by atoms with van der Waals surface area (Å²) in [5, 5.41) is 0. The zero-order valence-electron chi connectivity index (χ0n) is 13.1. The van der Waals surface area contributed by atoms with Crippen LogP contribution in [0.4, 0.5) is 0 Å². The lowest BCUT2D eigenvalue weighted by Crippen LogP contribution is -2.50. The summed E-state index contributed by atoms with van der Waals surface area (Å²) in [6.07, 6.45) is 7.44. The quantitative estimate of drug-likeness (QED) is 0.541. The van der Waals surface area contributed by atoms with Gasteiger partial charge in [0.2, 0.25) is 23.6 Å². The standard InChI is InChI=1S/C18H18N2O4/c21-15-11-9-5-6-10(12(11)16(22)19(15)7-1-2-7)14-13(9)17(23)20(18(14)24)8-3-4-8/h5-14H,1-4H2/t9?,10?,11-,12?,13+,14?. The molecule has 0 spiro atoms. The summed E-state index contributed by atoms with van der Waals surface area (Å²) in [5.74, 6) is -2.68. The first-order valence-corrected chi connectivity index (χ1v) is 9.02. The summed E-state index contributed by atoms with van der Waals surface area (Å²) in [7, 11) is 0. The van der Waals surface area contributed by atoms with Gasteiger partial charge in [0.1, 0.15) is 0 Å². The molecule has 7 aliphatic rings. The van der Waals surface area contributed by atoms with E-state index in [1.54, 1.807) is 0 Å². The molecule has 5 fully saturated rings. The highest BCUT2D eigenvalue weighted by Gasteiger charge is 2.70. The Balaban J connectivity index is 1.44. The van der Waals surface area contributed by atoms with Crippen molar-refractivity contribution in [2.24, 2.45) is 35.5 Å². The van der Waals surface area contributed by atoms with E-state index in [-0.39, 0.29) is 47.5 Å². The number of allylic oxidation sites excluding steroid dienone is 2. The summed E-state index contributed by atoms with van der Waals surface area (Å²) in [4.78, 5) is 54.5. The Morgan fingerprint density at radius 2 is 0.875 bits per heavy atom. The first-order chi connectivity index (χ1) is 11.6. The topological polar surface area (TPSA) is 74.8 Å². The Labute approximate surface area is 138 Å². The number of likely N-dealkylation sites (tertiary alicyclic amines) is 2. The van der Waals surface area contributed by atoms with Gasteiger partial charge in [0.15, 0.2) is 0 Å². The molecule has 6 atom stereocenters. The molecular formula is C18H18N2O4. The highest BCUT2D eigenvalue weighted by atomic mass is 16.2. The number of hydrogen-bond acceptors (Lipinski definition) is 4. The lowest BCUT2D eigenvalue weighted by molar-refractivity contribution is -0.140. The highest BCUT2D eigenvalue weighted by molar-refractivity contribution is 6.11. The van der Waals surface area contributed by atoms with Crippen molar-refractivity contribution in [1.29, 1.82) is 0 Å². The predicted molar refractivity (Wildman–Crippen MR) is 79.8 cm³/mol. The van der Waals surface area contributed by atoms with Gasteiger partial charge in [-0.15, -0.1) is 0 Å². The number of hydrogen-bond donors (Lipinski definition) is 0. The Hall–Kier alpha value is -1.98. The lowest BCUT2D eigenvalue weighted by atomic mass is 9.54. The van der Waals surface area contributed by atoms with Crippen molar-refractivity contribution in [1.82, 2.24) is 9.80 Å². The number of carbonyl (C=O) groups excluding carboxylic acids is 4. The molecule has 0 N–H and O–H groups in total. The van der Waals surface area contributed by atoms with E-state index in [0.29, 0.717) is 0 Å². The zero-order chi connectivity index (χ0) is 16.3. The monoisotopic (exact) mass is 326 g/mol. The first kappa shape index (κ1) is 13.3. The maximum atomic E-state index is 12.9. The molecule has 6 nitrogen and oxygen atoms in total. The molecule has 0 aromatic heterocycles. The van der Waals surface area contributed by atoms with Crippen LogP contribution >= 0.6 is 0 Å². The largest absolute Gasteiger partial charge is 0.279 e. The van der Waals surface area contributed by atoms with Crippen LogP contribution in [0.5, 0.6) is 0 Å². The first-order valence-electron chi connectivity index (χ1n) is 9.02. The maximum Gasteiger partial charge on any atom is 0.233 e. The minimum Gasteiger partial charge on any atom is -0.279 e. The Morgan fingerprint density at radius 1 is 0.583 bits per heavy atom. The number of rotatable bonds is 2. The van der Waals surface area contributed by atoms with Crippen LogP contribution < -0.4 is 0 Å². The van der Waals surface area contributed by atoms with Crippen molar-refractivity contribution in [2.45, 2.75) is 37.8 Å². The molecule has 124 valence electrons. The second-order valence-corrected chi connectivity index (χ2v) is 8.20. The summed E-state index contributed by atoms with van der Waals surface area (Å²) in [6, 6.07) is 0.119. The molecule has 5 aliphatic carbocycles. The molecule has 4 amide bonds. The van der Waals surface area contributed by atoms with E-state index in [0.717, 1.165) is 25.7 Å². The van der Waals surface area contributed by atoms with Gasteiger partial charge in [-0.05, 0) is 25.7 Å². The van der Waals surface area contributed by atoms with Crippen molar-refractivity contribution in [3.63, 3.8) is 0 Å². The van der Waals surface area contributed by atoms with Gasteiger partial charge in [-0.3, -0.25) is 29.0 Å². The van der Waals surface area contributed by atoms with Crippen LogP contribution in [-0.4, -0.2) is 45.5 Å². The molecule has 3 saturated carbocycles. The third kappa shape index (κ3) is 1.36. The van der Waals surface area contributed by atoms with Crippen LogP contribution in [0.25, 0.3) is 0 Å². The molecule has 2 heterocycles. The van der Waals surface area contributed by atoms with Gasteiger partial charge < -0.3 is 0 Å². The fourth-order valence-electron chi connectivity index (χ4n) is 5.66. The smallest absolute Gasteiger partial charge is 0.233 e. The Kier molecular flexibility index (Phi) is 2.21. The van der Waals surface area contributed by atoms with E-state index < -0.39 is 23.7 Å². The number of amides is 4. The SMILES string of the molecule is O=C1C2C3C=CC([C@@H]2C(=O)N1C1CC1)[C@H]1C(=O)N(C2CC2)C(=O)C31. The second kappa shape index (κ2) is 3.98. The van der Waals surface area contributed by atoms with Gasteiger partial charge in [0.05, 0.1) is 23.7 Å². The zero-order valence-corrected chi connectivity index (χ0v) is 13.1. The Bertz CT molecular complexity index is 644. The number of carbonyl (C=O) groups is 4. The molecule has 6 heteroatoms. The minimum atomic E-state index is -0.426. The minimum absolute atomic E-state index is 0.0595. The third-order valence-electron chi connectivity index (χ3n) is 6.90. The van der Waals surface area contributed by atoms with E-state index in [4.69, 9.17) is 0 Å². The van der Waals surface area contributed by atoms with E-state index in [1.807, 2.05) is 12.2 Å². The molecule has 7 rings (SSSR count). The molecule has 2 saturated heterocycles. The summed E-state index contributed by atoms with van der Waals surface area (Å²) < 4.78 is 0. The predicted octanol–water partition coefficient (Wildman–Crippen LogP) is 0.329. The maximum absolute atomic E-state index is 12.9. The second-order valence-electron chi connectivity index (χ2n) is 8.20. The van der Waals surface area contributed by atoms with Gasteiger partial charge in [0, 0.05) is 23.9 Å². The van der Waals surface area contributed by atoms with Crippen LogP contribution in [0.15, 0.2) is 12.2 Å². The summed E-state index contributed by atoms with van der Waals surface area (Å²) >= 11 is 0. The van der Waals surface area contributed by atoms with Crippen LogP contribution in [0, 0.1) is 35.5 Å². The lowest BCUT2D eigenvalue weighted by Gasteiger charge is -2.44. The molecule has 0 radical (unpaired) electrons. The number of nitrogens with zero attached hydrogens (tertiary/aromatic N) is 2. The van der Waals surface area contributed by atoms with E-state index >= 15 is 0 Å². The normalized spacial score (nSPS) is 46.2. The molecule has 0 aromatic carbocycles. The van der Waals surface area contributed by atoms with Crippen molar-refractivity contribution in [3.05, 3.63) is 12.2 Å². The van der Waals surface area contributed by atoms with Crippen LogP contribution in [0.3, 0.4) is 0 Å². The van der Waals surface area contributed by atoms with Crippen molar-refractivity contribution >= 4 is 23.6 Å². The average molecular weight is 326 g/mol. The van der Waals surface area contributed by atoms with Crippen molar-refractivity contribution in [2.75, 3.05) is 0 Å². The van der Waals surface area contributed by atoms with Gasteiger partial charge >= 0.3 is 0 Å². The molecule has 2 bridgehead atoms. The van der Waals surface area contributed by atoms with E-state index in [9.17, 15) is 19.2 Å². The average Bonchev–Trinajstić information content (AvgIpc) is 3.48. The van der Waals surface area contributed by atoms with E-state index in [2.05, 4.69) is 0 Å². The van der Waals surface area contributed by atoms with Crippen molar-refractivity contribution < 1.29 is 19.2 Å². The number of imide groups is 2. The molecule has 24 heavy (non-hydrogen) atoms. The van der Waals surface area contributed by atoms with Gasteiger partial charge in [-0.1, -0.05) is 12.2 Å². The molecule has 4 unspecified atom stereocenters. The van der Waals surface area contributed by atoms with Crippen LogP contribution in [0.2, 0.25) is 0 Å². The fraction of sp³-hybridized carbons (Fsp3) is 0.667. The van der Waals surface area contributed by atoms with E-state index in [1.165, 1.54) is 9.80 Å². The third-order valence-corrected chi connectivity index (χ3v) is 6.90. The Morgan fingerprint density at radius 3 is 1.12 bits per heavy atom. The summed E-state index contributed by atoms with van der Waals surface area (Å²) in [5.41, 5.74) is 0. The highest BCUT2D eigenvalue weighted by Crippen LogP contribution is 2.59.